The van der Waals surface area contributed by atoms with Gasteiger partial charge < -0.3 is 14.9 Å². The van der Waals surface area contributed by atoms with E-state index < -0.39 is 22.8 Å². The summed E-state index contributed by atoms with van der Waals surface area (Å²) in [5.41, 5.74) is -2.10. The van der Waals surface area contributed by atoms with E-state index in [1.807, 2.05) is 6.92 Å². The first-order valence-electron chi connectivity index (χ1n) is 6.59. The standard InChI is InChI=1S/C14H20O4/c1-3-11(15)18-14-6-9-4-13(17,8-14)5-10(7-14)12(9,2)16/h3,9-10,16-17H,1,4-8H2,2H3. The van der Waals surface area contributed by atoms with Gasteiger partial charge in [-0.3, -0.25) is 0 Å². The van der Waals surface area contributed by atoms with Crippen molar-refractivity contribution in [3.05, 3.63) is 12.7 Å². The molecule has 18 heavy (non-hydrogen) atoms. The normalized spacial score (nSPS) is 53.3. The van der Waals surface area contributed by atoms with E-state index in [0.29, 0.717) is 32.1 Å². The Morgan fingerprint density at radius 1 is 1.28 bits per heavy atom. The highest BCUT2D eigenvalue weighted by Crippen LogP contribution is 2.62. The molecule has 4 saturated carbocycles. The van der Waals surface area contributed by atoms with Crippen LogP contribution in [-0.2, 0) is 9.53 Å². The summed E-state index contributed by atoms with van der Waals surface area (Å²) in [5, 5.41) is 21.1. The van der Waals surface area contributed by atoms with Crippen LogP contribution < -0.4 is 0 Å². The zero-order chi connectivity index (χ0) is 13.2. The maximum absolute atomic E-state index is 11.5. The van der Waals surface area contributed by atoms with Gasteiger partial charge >= 0.3 is 5.97 Å². The molecule has 2 unspecified atom stereocenters. The molecule has 0 aromatic heterocycles. The number of carbonyl (C=O) groups is 1. The van der Waals surface area contributed by atoms with Gasteiger partial charge in [-0.2, -0.15) is 0 Å². The largest absolute Gasteiger partial charge is 0.456 e. The van der Waals surface area contributed by atoms with E-state index in [0.717, 1.165) is 0 Å². The van der Waals surface area contributed by atoms with Crippen molar-refractivity contribution in [2.24, 2.45) is 11.8 Å². The van der Waals surface area contributed by atoms with Crippen molar-refractivity contribution in [1.82, 2.24) is 0 Å². The summed E-state index contributed by atoms with van der Waals surface area (Å²) < 4.78 is 5.53. The number of hydrogen-bond acceptors (Lipinski definition) is 4. The molecule has 0 aromatic rings. The van der Waals surface area contributed by atoms with Crippen LogP contribution in [0.25, 0.3) is 0 Å². The zero-order valence-electron chi connectivity index (χ0n) is 10.7. The first-order valence-corrected chi connectivity index (χ1v) is 6.59. The van der Waals surface area contributed by atoms with Crippen molar-refractivity contribution in [3.63, 3.8) is 0 Å². The zero-order valence-corrected chi connectivity index (χ0v) is 10.7. The molecule has 4 heteroatoms. The summed E-state index contributed by atoms with van der Waals surface area (Å²) in [5.74, 6) is -0.400. The summed E-state index contributed by atoms with van der Waals surface area (Å²) >= 11 is 0. The Kier molecular flexibility index (Phi) is 2.28. The van der Waals surface area contributed by atoms with Gasteiger partial charge in [-0.15, -0.1) is 0 Å². The fourth-order valence-electron chi connectivity index (χ4n) is 4.55. The molecular formula is C14H20O4. The van der Waals surface area contributed by atoms with Crippen LogP contribution in [0.3, 0.4) is 0 Å². The van der Waals surface area contributed by atoms with Crippen LogP contribution in [0, 0.1) is 11.8 Å². The molecule has 0 radical (unpaired) electrons. The SMILES string of the molecule is C=CC(=O)OC12CC3CC(O)(CC(C1)C3(C)O)C2. The van der Waals surface area contributed by atoms with Crippen molar-refractivity contribution in [3.8, 4) is 0 Å². The number of rotatable bonds is 2. The maximum Gasteiger partial charge on any atom is 0.330 e. The average molecular weight is 252 g/mol. The molecule has 0 amide bonds. The van der Waals surface area contributed by atoms with E-state index in [9.17, 15) is 15.0 Å². The van der Waals surface area contributed by atoms with Crippen LogP contribution in [0.15, 0.2) is 12.7 Å². The smallest absolute Gasteiger partial charge is 0.330 e. The minimum absolute atomic E-state index is 0.0152. The highest BCUT2D eigenvalue weighted by molar-refractivity contribution is 5.81. The number of ether oxygens (including phenoxy) is 1. The number of hydrogen-bond donors (Lipinski definition) is 2. The van der Waals surface area contributed by atoms with E-state index in [-0.39, 0.29) is 11.8 Å². The molecule has 0 aromatic carbocycles. The fourth-order valence-corrected chi connectivity index (χ4v) is 4.55. The van der Waals surface area contributed by atoms with Gasteiger partial charge in [0.25, 0.3) is 0 Å². The molecule has 2 atom stereocenters. The Hall–Kier alpha value is -0.870. The van der Waals surface area contributed by atoms with Crippen LogP contribution in [0.2, 0.25) is 0 Å². The Balaban J connectivity index is 1.92. The first kappa shape index (κ1) is 12.2. The van der Waals surface area contributed by atoms with E-state index in [1.54, 1.807) is 0 Å². The molecule has 0 heterocycles. The van der Waals surface area contributed by atoms with Crippen LogP contribution in [0.5, 0.6) is 0 Å². The van der Waals surface area contributed by atoms with Gasteiger partial charge in [0.1, 0.15) is 5.60 Å². The van der Waals surface area contributed by atoms with E-state index >= 15 is 0 Å². The Bertz CT molecular complexity index is 394. The summed E-state index contributed by atoms with van der Waals surface area (Å²) in [6, 6.07) is 0. The second kappa shape index (κ2) is 3.36. The minimum Gasteiger partial charge on any atom is -0.456 e. The van der Waals surface area contributed by atoms with E-state index in [1.165, 1.54) is 6.08 Å². The van der Waals surface area contributed by atoms with Gasteiger partial charge in [-0.1, -0.05) is 6.58 Å². The lowest BCUT2D eigenvalue weighted by Gasteiger charge is -2.64. The van der Waals surface area contributed by atoms with Crippen LogP contribution >= 0.6 is 0 Å². The van der Waals surface area contributed by atoms with E-state index in [2.05, 4.69) is 6.58 Å². The predicted molar refractivity (Wildman–Crippen MR) is 64.7 cm³/mol. The quantitative estimate of drug-likeness (QED) is 0.571. The van der Waals surface area contributed by atoms with Crippen molar-refractivity contribution in [2.45, 2.75) is 55.8 Å². The lowest BCUT2D eigenvalue weighted by atomic mass is 9.47. The Morgan fingerprint density at radius 2 is 1.83 bits per heavy atom. The fraction of sp³-hybridized carbons (Fsp3) is 0.786. The molecule has 2 N–H and O–H groups in total. The van der Waals surface area contributed by atoms with Crippen molar-refractivity contribution >= 4 is 5.97 Å². The van der Waals surface area contributed by atoms with Crippen LogP contribution in [0.1, 0.15) is 39.0 Å². The first-order chi connectivity index (χ1) is 8.29. The summed E-state index contributed by atoms with van der Waals surface area (Å²) in [6.07, 6.45) is 4.20. The molecular weight excluding hydrogens is 232 g/mol. The molecule has 100 valence electrons. The minimum atomic E-state index is -0.768. The topological polar surface area (TPSA) is 66.8 Å². The highest BCUT2D eigenvalue weighted by atomic mass is 16.6. The molecule has 4 aliphatic rings. The molecule has 0 aliphatic heterocycles. The Morgan fingerprint density at radius 3 is 2.33 bits per heavy atom. The molecule has 4 rings (SSSR count). The monoisotopic (exact) mass is 252 g/mol. The average Bonchev–Trinajstić information content (AvgIpc) is 2.23. The molecule has 4 fully saturated rings. The van der Waals surface area contributed by atoms with Gasteiger partial charge in [0.2, 0.25) is 0 Å². The second-order valence-corrected chi connectivity index (χ2v) is 6.65. The van der Waals surface area contributed by atoms with E-state index in [4.69, 9.17) is 4.74 Å². The number of aliphatic hydroxyl groups is 2. The molecule has 4 aliphatic carbocycles. The summed E-state index contributed by atoms with van der Waals surface area (Å²) in [4.78, 5) is 11.5. The van der Waals surface area contributed by atoms with Crippen molar-refractivity contribution in [2.75, 3.05) is 0 Å². The third-order valence-corrected chi connectivity index (χ3v) is 5.28. The van der Waals surface area contributed by atoms with Gasteiger partial charge in [0.15, 0.2) is 0 Å². The summed E-state index contributed by atoms with van der Waals surface area (Å²) in [6.45, 7) is 5.27. The van der Waals surface area contributed by atoms with Crippen molar-refractivity contribution in [1.29, 1.82) is 0 Å². The number of carbonyl (C=O) groups excluding carboxylic acids is 1. The maximum atomic E-state index is 11.5. The Labute approximate surface area is 107 Å². The predicted octanol–water partition coefficient (Wildman–Crippen LogP) is 1.16. The molecule has 4 bridgehead atoms. The lowest BCUT2D eigenvalue weighted by molar-refractivity contribution is -0.271. The third kappa shape index (κ3) is 1.55. The highest BCUT2D eigenvalue weighted by Gasteiger charge is 2.66. The van der Waals surface area contributed by atoms with Crippen LogP contribution in [-0.4, -0.2) is 33.0 Å². The molecule has 4 nitrogen and oxygen atoms in total. The van der Waals surface area contributed by atoms with Gasteiger partial charge in [0.05, 0.1) is 11.2 Å². The van der Waals surface area contributed by atoms with Crippen LogP contribution in [0.4, 0.5) is 0 Å². The second-order valence-electron chi connectivity index (χ2n) is 6.65. The van der Waals surface area contributed by atoms with Gasteiger partial charge in [-0.25, -0.2) is 4.79 Å². The van der Waals surface area contributed by atoms with Gasteiger partial charge in [0, 0.05) is 12.5 Å². The molecule has 0 saturated heterocycles. The van der Waals surface area contributed by atoms with Crippen molar-refractivity contribution < 1.29 is 19.7 Å². The summed E-state index contributed by atoms with van der Waals surface area (Å²) in [7, 11) is 0. The molecule has 0 spiro atoms. The number of esters is 1. The van der Waals surface area contributed by atoms with Gasteiger partial charge in [-0.05, 0) is 44.4 Å². The third-order valence-electron chi connectivity index (χ3n) is 5.28. The lowest BCUT2D eigenvalue weighted by Crippen LogP contribution is -2.68.